The number of ether oxygens (including phenoxy) is 1. The van der Waals surface area contributed by atoms with Gasteiger partial charge in [-0.2, -0.15) is 0 Å². The zero-order valence-corrected chi connectivity index (χ0v) is 17.7. The monoisotopic (exact) mass is 426 g/mol. The van der Waals surface area contributed by atoms with Gasteiger partial charge in [0.15, 0.2) is 0 Å². The number of carbonyl (C=O) groups excluding carboxylic acids is 3. The third-order valence-corrected chi connectivity index (χ3v) is 6.06. The first-order chi connectivity index (χ1) is 15.6. The van der Waals surface area contributed by atoms with Gasteiger partial charge in [0.05, 0.1) is 30.0 Å². The number of anilines is 1. The van der Waals surface area contributed by atoms with Gasteiger partial charge in [0.2, 0.25) is 0 Å². The van der Waals surface area contributed by atoms with Crippen LogP contribution >= 0.6 is 0 Å². The van der Waals surface area contributed by atoms with Gasteiger partial charge in [0.25, 0.3) is 17.7 Å². The second-order valence-electron chi connectivity index (χ2n) is 7.93. The Labute approximate surface area is 186 Å². The summed E-state index contributed by atoms with van der Waals surface area (Å²) in [6, 6.07) is 20.2. The van der Waals surface area contributed by atoms with Crippen LogP contribution in [0.3, 0.4) is 0 Å². The van der Waals surface area contributed by atoms with Crippen LogP contribution in [0, 0.1) is 6.92 Å². The largest absolute Gasteiger partial charge is 0.378 e. The molecule has 0 radical (unpaired) electrons. The number of imide groups is 1. The topological polar surface area (TPSA) is 66.9 Å². The summed E-state index contributed by atoms with van der Waals surface area (Å²) in [7, 11) is 0. The number of morpholine rings is 1. The van der Waals surface area contributed by atoms with Crippen molar-refractivity contribution in [2.24, 2.45) is 0 Å². The van der Waals surface area contributed by atoms with E-state index in [9.17, 15) is 14.4 Å². The summed E-state index contributed by atoms with van der Waals surface area (Å²) < 4.78 is 5.31. The highest BCUT2D eigenvalue weighted by atomic mass is 16.5. The van der Waals surface area contributed by atoms with Crippen molar-refractivity contribution >= 4 is 23.4 Å². The van der Waals surface area contributed by atoms with Crippen LogP contribution < -0.4 is 4.90 Å². The zero-order valence-electron chi connectivity index (χ0n) is 17.7. The van der Waals surface area contributed by atoms with Gasteiger partial charge in [-0.25, -0.2) is 4.90 Å². The van der Waals surface area contributed by atoms with E-state index in [0.717, 1.165) is 16.7 Å². The Morgan fingerprint density at radius 1 is 0.812 bits per heavy atom. The Morgan fingerprint density at radius 3 is 2.28 bits per heavy atom. The highest BCUT2D eigenvalue weighted by molar-refractivity contribution is 6.35. The molecule has 2 aliphatic rings. The maximum atomic E-state index is 13.3. The van der Waals surface area contributed by atoms with Crippen molar-refractivity contribution < 1.29 is 19.1 Å². The number of carbonyl (C=O) groups is 3. The summed E-state index contributed by atoms with van der Waals surface area (Å²) in [6.07, 6.45) is 0. The molecule has 3 aromatic rings. The predicted octanol–water partition coefficient (Wildman–Crippen LogP) is 3.94. The Balaban J connectivity index is 1.50. The first-order valence-corrected chi connectivity index (χ1v) is 10.6. The number of hydrogen-bond acceptors (Lipinski definition) is 4. The fraction of sp³-hybridized carbons (Fsp3) is 0.192. The molecule has 3 amide bonds. The van der Waals surface area contributed by atoms with Crippen molar-refractivity contribution in [2.45, 2.75) is 6.92 Å². The number of nitrogens with zero attached hydrogens (tertiary/aromatic N) is 2. The van der Waals surface area contributed by atoms with Gasteiger partial charge in [-0.15, -0.1) is 0 Å². The molecule has 0 N–H and O–H groups in total. The first kappa shape index (κ1) is 20.2. The van der Waals surface area contributed by atoms with Crippen molar-refractivity contribution in [3.05, 3.63) is 89.0 Å². The summed E-state index contributed by atoms with van der Waals surface area (Å²) in [6.45, 7) is 3.94. The van der Waals surface area contributed by atoms with Crippen molar-refractivity contribution in [2.75, 3.05) is 31.2 Å². The van der Waals surface area contributed by atoms with Crippen molar-refractivity contribution in [1.82, 2.24) is 4.90 Å². The quantitative estimate of drug-likeness (QED) is 0.595. The minimum Gasteiger partial charge on any atom is -0.378 e. The standard InChI is InChI=1S/C26H22N2O4/c1-17-20(18-6-3-2-4-7-18)8-5-9-23(17)28-25(30)21-11-10-19(16-22(21)26(28)31)24(29)27-12-14-32-15-13-27/h2-11,16H,12-15H2,1H3. The van der Waals surface area contributed by atoms with Crippen LogP contribution in [0.4, 0.5) is 5.69 Å². The molecular formula is C26H22N2O4. The van der Waals surface area contributed by atoms with E-state index in [-0.39, 0.29) is 17.4 Å². The van der Waals surface area contributed by atoms with E-state index in [1.54, 1.807) is 29.2 Å². The minimum absolute atomic E-state index is 0.156. The fourth-order valence-electron chi connectivity index (χ4n) is 4.34. The van der Waals surface area contributed by atoms with Crippen LogP contribution in [0.5, 0.6) is 0 Å². The smallest absolute Gasteiger partial charge is 0.266 e. The molecule has 160 valence electrons. The van der Waals surface area contributed by atoms with Gasteiger partial charge in [-0.3, -0.25) is 14.4 Å². The number of amides is 3. The van der Waals surface area contributed by atoms with Gasteiger partial charge < -0.3 is 9.64 Å². The summed E-state index contributed by atoms with van der Waals surface area (Å²) >= 11 is 0. The second kappa shape index (κ2) is 8.05. The normalized spacial score (nSPS) is 15.8. The molecule has 0 aromatic heterocycles. The first-order valence-electron chi connectivity index (χ1n) is 10.6. The summed E-state index contributed by atoms with van der Waals surface area (Å²) in [5.41, 5.74) is 4.36. The molecule has 32 heavy (non-hydrogen) atoms. The molecular weight excluding hydrogens is 404 g/mol. The molecule has 2 heterocycles. The lowest BCUT2D eigenvalue weighted by molar-refractivity contribution is 0.0303. The summed E-state index contributed by atoms with van der Waals surface area (Å²) in [5.74, 6) is -0.935. The van der Waals surface area contributed by atoms with Crippen LogP contribution in [0.2, 0.25) is 0 Å². The van der Waals surface area contributed by atoms with E-state index in [4.69, 9.17) is 4.74 Å². The van der Waals surface area contributed by atoms with Gasteiger partial charge in [-0.1, -0.05) is 42.5 Å². The number of fused-ring (bicyclic) bond motifs is 1. The lowest BCUT2D eigenvalue weighted by Crippen LogP contribution is -2.40. The van der Waals surface area contributed by atoms with Crippen molar-refractivity contribution in [1.29, 1.82) is 0 Å². The molecule has 0 spiro atoms. The van der Waals surface area contributed by atoms with Crippen LogP contribution in [0.15, 0.2) is 66.7 Å². The molecule has 3 aromatic carbocycles. The van der Waals surface area contributed by atoms with E-state index in [2.05, 4.69) is 0 Å². The van der Waals surface area contributed by atoms with Gasteiger partial charge in [0, 0.05) is 18.7 Å². The third-order valence-electron chi connectivity index (χ3n) is 6.06. The van der Waals surface area contributed by atoms with Crippen LogP contribution in [-0.2, 0) is 4.74 Å². The Morgan fingerprint density at radius 2 is 1.53 bits per heavy atom. The maximum absolute atomic E-state index is 13.3. The fourth-order valence-corrected chi connectivity index (χ4v) is 4.34. The molecule has 0 bridgehead atoms. The average Bonchev–Trinajstić information content (AvgIpc) is 3.09. The van der Waals surface area contributed by atoms with Gasteiger partial charge in [-0.05, 0) is 47.9 Å². The highest BCUT2D eigenvalue weighted by Gasteiger charge is 2.38. The van der Waals surface area contributed by atoms with Crippen LogP contribution in [-0.4, -0.2) is 48.9 Å². The summed E-state index contributed by atoms with van der Waals surface area (Å²) in [5, 5.41) is 0. The molecule has 5 rings (SSSR count). The predicted molar refractivity (Wildman–Crippen MR) is 121 cm³/mol. The number of benzene rings is 3. The Kier molecular flexibility index (Phi) is 5.07. The molecule has 0 aliphatic carbocycles. The van der Waals surface area contributed by atoms with E-state index < -0.39 is 5.91 Å². The third kappa shape index (κ3) is 3.29. The van der Waals surface area contributed by atoms with E-state index in [0.29, 0.717) is 43.1 Å². The lowest BCUT2D eigenvalue weighted by Gasteiger charge is -2.26. The van der Waals surface area contributed by atoms with E-state index in [1.807, 2.05) is 49.4 Å². The molecule has 6 nitrogen and oxygen atoms in total. The molecule has 1 saturated heterocycles. The maximum Gasteiger partial charge on any atom is 0.266 e. The number of rotatable bonds is 3. The van der Waals surface area contributed by atoms with Gasteiger partial charge >= 0.3 is 0 Å². The Bertz CT molecular complexity index is 1230. The summed E-state index contributed by atoms with van der Waals surface area (Å²) in [4.78, 5) is 42.3. The van der Waals surface area contributed by atoms with Gasteiger partial charge in [0.1, 0.15) is 0 Å². The molecule has 0 unspecified atom stereocenters. The van der Waals surface area contributed by atoms with E-state index in [1.165, 1.54) is 4.90 Å². The highest BCUT2D eigenvalue weighted by Crippen LogP contribution is 2.35. The van der Waals surface area contributed by atoms with Crippen molar-refractivity contribution in [3.63, 3.8) is 0 Å². The zero-order chi connectivity index (χ0) is 22.2. The van der Waals surface area contributed by atoms with Crippen molar-refractivity contribution in [3.8, 4) is 11.1 Å². The average molecular weight is 426 g/mol. The van der Waals surface area contributed by atoms with E-state index >= 15 is 0 Å². The molecule has 0 atom stereocenters. The number of hydrogen-bond donors (Lipinski definition) is 0. The SMILES string of the molecule is Cc1c(-c2ccccc2)cccc1N1C(=O)c2ccc(C(=O)N3CCOCC3)cc2C1=O. The van der Waals surface area contributed by atoms with Crippen LogP contribution in [0.25, 0.3) is 11.1 Å². The second-order valence-corrected chi connectivity index (χ2v) is 7.93. The van der Waals surface area contributed by atoms with Crippen LogP contribution in [0.1, 0.15) is 36.6 Å². The Hall–Kier alpha value is -3.77. The molecule has 2 aliphatic heterocycles. The molecule has 6 heteroatoms. The molecule has 1 fully saturated rings. The lowest BCUT2D eigenvalue weighted by atomic mass is 9.99. The molecule has 0 saturated carbocycles. The minimum atomic E-state index is -0.407.